The van der Waals surface area contributed by atoms with Crippen molar-refractivity contribution in [1.29, 1.82) is 0 Å². The van der Waals surface area contributed by atoms with Crippen molar-refractivity contribution < 1.29 is 28.5 Å². The highest BCUT2D eigenvalue weighted by molar-refractivity contribution is 5.87. The maximum Gasteiger partial charge on any atom is 0.333 e. The van der Waals surface area contributed by atoms with Gasteiger partial charge in [-0.3, -0.25) is 0 Å². The minimum Gasteiger partial charge on any atom is -0.457 e. The molecule has 0 rings (SSSR count). The van der Waals surface area contributed by atoms with Gasteiger partial charge in [-0.1, -0.05) is 71.3 Å². The van der Waals surface area contributed by atoms with Gasteiger partial charge in [-0.05, 0) is 41.0 Å². The molecule has 0 N–H and O–H groups in total. The number of carbonyl (C=O) groups is 1. The number of rotatable bonds is 24. The van der Waals surface area contributed by atoms with E-state index in [1.807, 2.05) is 20.8 Å². The lowest BCUT2D eigenvalue weighted by molar-refractivity contribution is -0.148. The number of carbonyl (C=O) groups excluding carboxylic acids is 1. The minimum atomic E-state index is -0.396. The monoisotopic (exact) mass is 486 g/mol. The SMILES string of the molecule is C=C(C)C(=O)OC(C)COC(C)COC(C)COC(C)COCCCCCCCCCCCC. The fourth-order valence-electron chi connectivity index (χ4n) is 3.30. The molecule has 4 unspecified atom stereocenters. The van der Waals surface area contributed by atoms with E-state index in [9.17, 15) is 4.79 Å². The number of hydrogen-bond acceptors (Lipinski definition) is 6. The zero-order valence-corrected chi connectivity index (χ0v) is 23.1. The molecule has 0 aromatic carbocycles. The number of unbranched alkanes of at least 4 members (excludes halogenated alkanes) is 9. The number of ether oxygens (including phenoxy) is 5. The van der Waals surface area contributed by atoms with Crippen molar-refractivity contribution in [2.24, 2.45) is 0 Å². The maximum atomic E-state index is 11.5. The zero-order chi connectivity index (χ0) is 25.6. The van der Waals surface area contributed by atoms with Gasteiger partial charge in [0, 0.05) is 12.2 Å². The van der Waals surface area contributed by atoms with Crippen LogP contribution in [0.1, 0.15) is 106 Å². The third kappa shape index (κ3) is 21.6. The van der Waals surface area contributed by atoms with Crippen molar-refractivity contribution in [2.75, 3.05) is 33.0 Å². The Kier molecular flexibility index (Phi) is 21.9. The van der Waals surface area contributed by atoms with Crippen molar-refractivity contribution in [3.63, 3.8) is 0 Å². The van der Waals surface area contributed by atoms with Crippen LogP contribution in [0.15, 0.2) is 12.2 Å². The van der Waals surface area contributed by atoms with Gasteiger partial charge in [0.2, 0.25) is 0 Å². The molecule has 0 aliphatic heterocycles. The van der Waals surface area contributed by atoms with E-state index in [1.165, 1.54) is 57.8 Å². The molecule has 0 aromatic rings. The average Bonchev–Trinajstić information content (AvgIpc) is 2.80. The summed E-state index contributed by atoms with van der Waals surface area (Å²) >= 11 is 0. The summed E-state index contributed by atoms with van der Waals surface area (Å²) in [6, 6.07) is 0. The lowest BCUT2D eigenvalue weighted by atomic mass is 10.1. The molecule has 0 aromatic heterocycles. The van der Waals surface area contributed by atoms with E-state index in [-0.39, 0.29) is 24.4 Å². The van der Waals surface area contributed by atoms with Gasteiger partial charge in [0.05, 0.1) is 44.7 Å². The zero-order valence-electron chi connectivity index (χ0n) is 23.1. The topological polar surface area (TPSA) is 63.2 Å². The van der Waals surface area contributed by atoms with Gasteiger partial charge in [-0.2, -0.15) is 0 Å². The molecule has 0 fully saturated rings. The van der Waals surface area contributed by atoms with Crippen LogP contribution < -0.4 is 0 Å². The molecule has 0 amide bonds. The Balaban J connectivity index is 3.58. The van der Waals surface area contributed by atoms with E-state index >= 15 is 0 Å². The van der Waals surface area contributed by atoms with Crippen LogP contribution >= 0.6 is 0 Å². The van der Waals surface area contributed by atoms with Crippen LogP contribution in [0.2, 0.25) is 0 Å². The van der Waals surface area contributed by atoms with Crippen LogP contribution in [0, 0.1) is 0 Å². The van der Waals surface area contributed by atoms with Crippen molar-refractivity contribution in [3.8, 4) is 0 Å². The van der Waals surface area contributed by atoms with Crippen molar-refractivity contribution in [2.45, 2.75) is 130 Å². The summed E-state index contributed by atoms with van der Waals surface area (Å²) in [5, 5.41) is 0. The first-order valence-electron chi connectivity index (χ1n) is 13.5. The largest absolute Gasteiger partial charge is 0.457 e. The highest BCUT2D eigenvalue weighted by Gasteiger charge is 2.14. The molecular weight excluding hydrogens is 432 g/mol. The van der Waals surface area contributed by atoms with Gasteiger partial charge < -0.3 is 23.7 Å². The molecule has 0 spiro atoms. The molecule has 0 saturated carbocycles. The number of hydrogen-bond donors (Lipinski definition) is 0. The maximum absolute atomic E-state index is 11.5. The molecule has 0 bridgehead atoms. The van der Waals surface area contributed by atoms with Crippen LogP contribution in [0.4, 0.5) is 0 Å². The van der Waals surface area contributed by atoms with Crippen LogP contribution in [-0.2, 0) is 28.5 Å². The third-order valence-corrected chi connectivity index (χ3v) is 5.50. The Morgan fingerprint density at radius 2 is 1.06 bits per heavy atom. The molecule has 6 nitrogen and oxygen atoms in total. The van der Waals surface area contributed by atoms with Gasteiger partial charge in [0.25, 0.3) is 0 Å². The molecule has 34 heavy (non-hydrogen) atoms. The van der Waals surface area contributed by atoms with Crippen LogP contribution in [0.5, 0.6) is 0 Å². The van der Waals surface area contributed by atoms with Gasteiger partial charge in [-0.15, -0.1) is 0 Å². The second-order valence-electron chi connectivity index (χ2n) is 9.69. The molecule has 0 aliphatic carbocycles. The van der Waals surface area contributed by atoms with Crippen LogP contribution in [0.25, 0.3) is 0 Å². The minimum absolute atomic E-state index is 0.0332. The summed E-state index contributed by atoms with van der Waals surface area (Å²) in [5.41, 5.74) is 0.385. The standard InChI is InChI=1S/C28H54O6/c1-8-9-10-11-12-13-14-15-16-17-18-30-19-24(4)31-20-25(5)32-21-26(6)33-22-27(7)34-28(29)23(2)3/h24-27H,2,8-22H2,1,3-7H3. The summed E-state index contributed by atoms with van der Waals surface area (Å²) in [4.78, 5) is 11.5. The first kappa shape index (κ1) is 33.0. The van der Waals surface area contributed by atoms with E-state index in [0.29, 0.717) is 32.0 Å². The summed E-state index contributed by atoms with van der Waals surface area (Å²) in [6.45, 7) is 17.9. The van der Waals surface area contributed by atoms with Gasteiger partial charge >= 0.3 is 5.97 Å². The summed E-state index contributed by atoms with van der Waals surface area (Å²) < 4.78 is 28.3. The molecule has 202 valence electrons. The van der Waals surface area contributed by atoms with Crippen molar-refractivity contribution in [3.05, 3.63) is 12.2 Å². The Morgan fingerprint density at radius 1 is 0.647 bits per heavy atom. The van der Waals surface area contributed by atoms with Gasteiger partial charge in [0.1, 0.15) is 6.10 Å². The first-order chi connectivity index (χ1) is 16.3. The second-order valence-corrected chi connectivity index (χ2v) is 9.69. The highest BCUT2D eigenvalue weighted by atomic mass is 16.6. The van der Waals surface area contributed by atoms with E-state index < -0.39 is 5.97 Å². The van der Waals surface area contributed by atoms with Gasteiger partial charge in [0.15, 0.2) is 0 Å². The summed E-state index contributed by atoms with van der Waals surface area (Å²) in [6.07, 6.45) is 12.9. The van der Waals surface area contributed by atoms with E-state index in [1.54, 1.807) is 13.8 Å². The van der Waals surface area contributed by atoms with E-state index in [0.717, 1.165) is 13.0 Å². The molecule has 0 radical (unpaired) electrons. The predicted molar refractivity (Wildman–Crippen MR) is 139 cm³/mol. The molecule has 0 aliphatic rings. The Hall–Kier alpha value is -0.950. The van der Waals surface area contributed by atoms with Crippen LogP contribution in [0.3, 0.4) is 0 Å². The third-order valence-electron chi connectivity index (χ3n) is 5.50. The molecule has 6 heteroatoms. The molecule has 0 heterocycles. The molecule has 0 saturated heterocycles. The van der Waals surface area contributed by atoms with Crippen LogP contribution in [-0.4, -0.2) is 63.4 Å². The second kappa shape index (κ2) is 22.5. The van der Waals surface area contributed by atoms with Gasteiger partial charge in [-0.25, -0.2) is 4.79 Å². The lowest BCUT2D eigenvalue weighted by Gasteiger charge is -2.21. The van der Waals surface area contributed by atoms with Crippen molar-refractivity contribution >= 4 is 5.97 Å². The summed E-state index contributed by atoms with van der Waals surface area (Å²) in [7, 11) is 0. The Labute approximate surface area is 210 Å². The smallest absolute Gasteiger partial charge is 0.333 e. The highest BCUT2D eigenvalue weighted by Crippen LogP contribution is 2.10. The van der Waals surface area contributed by atoms with E-state index in [4.69, 9.17) is 23.7 Å². The normalized spacial score (nSPS) is 15.0. The predicted octanol–water partition coefficient (Wildman–Crippen LogP) is 6.65. The summed E-state index contributed by atoms with van der Waals surface area (Å²) in [5.74, 6) is -0.396. The fraction of sp³-hybridized carbons (Fsp3) is 0.893. The first-order valence-corrected chi connectivity index (χ1v) is 13.5. The average molecular weight is 487 g/mol. The van der Waals surface area contributed by atoms with E-state index in [2.05, 4.69) is 13.5 Å². The molecular formula is C28H54O6. The molecule has 4 atom stereocenters. The fourth-order valence-corrected chi connectivity index (χ4v) is 3.30. The number of esters is 1. The van der Waals surface area contributed by atoms with Crippen molar-refractivity contribution in [1.82, 2.24) is 0 Å². The quantitative estimate of drug-likeness (QED) is 0.0865. The Morgan fingerprint density at radius 3 is 1.53 bits per heavy atom. The Bertz CT molecular complexity index is 495. The lowest BCUT2D eigenvalue weighted by Crippen LogP contribution is -2.29.